The van der Waals surface area contributed by atoms with Crippen molar-refractivity contribution in [2.45, 2.75) is 0 Å². The van der Waals surface area contributed by atoms with Crippen molar-refractivity contribution in [1.82, 2.24) is 10.1 Å². The third kappa shape index (κ3) is 3.66. The molecule has 7 heteroatoms. The van der Waals surface area contributed by atoms with Gasteiger partial charge in [-0.2, -0.15) is 0 Å². The van der Waals surface area contributed by atoms with Gasteiger partial charge in [0.1, 0.15) is 5.82 Å². The number of aromatic nitrogens is 1. The summed E-state index contributed by atoms with van der Waals surface area (Å²) in [5, 5.41) is 4.53. The molecule has 4 rings (SSSR count). The van der Waals surface area contributed by atoms with Crippen molar-refractivity contribution in [3.8, 4) is 11.3 Å². The van der Waals surface area contributed by atoms with Crippen LogP contribution in [0.3, 0.4) is 0 Å². The van der Waals surface area contributed by atoms with E-state index in [0.717, 1.165) is 5.69 Å². The van der Waals surface area contributed by atoms with E-state index in [0.29, 0.717) is 31.2 Å². The Hall–Kier alpha value is -2.86. The zero-order valence-electron chi connectivity index (χ0n) is 14.4. The second-order valence-corrected chi connectivity index (χ2v) is 6.75. The Balaban J connectivity index is 1.43. The molecule has 0 unspecified atom stereocenters. The predicted octanol–water partition coefficient (Wildman–Crippen LogP) is 4.10. The summed E-state index contributed by atoms with van der Waals surface area (Å²) in [6, 6.07) is 15.4. The summed E-state index contributed by atoms with van der Waals surface area (Å²) in [4.78, 5) is 16.6. The van der Waals surface area contributed by atoms with Crippen LogP contribution in [-0.2, 0) is 0 Å². The van der Waals surface area contributed by atoms with Crippen LogP contribution in [0.5, 0.6) is 0 Å². The zero-order chi connectivity index (χ0) is 18.8. The molecule has 0 atom stereocenters. The molecule has 1 aliphatic heterocycles. The van der Waals surface area contributed by atoms with E-state index in [1.807, 2.05) is 24.3 Å². The lowest BCUT2D eigenvalue weighted by molar-refractivity contribution is 0.0736. The molecule has 1 aliphatic rings. The molecule has 0 saturated carbocycles. The summed E-state index contributed by atoms with van der Waals surface area (Å²) < 4.78 is 19.1. The number of carbonyl (C=O) groups is 1. The number of anilines is 1. The normalized spacial score (nSPS) is 14.4. The highest BCUT2D eigenvalue weighted by atomic mass is 35.5. The second kappa shape index (κ2) is 7.40. The van der Waals surface area contributed by atoms with Gasteiger partial charge in [-0.15, -0.1) is 0 Å². The zero-order valence-corrected chi connectivity index (χ0v) is 15.2. The van der Waals surface area contributed by atoms with Gasteiger partial charge in [-0.25, -0.2) is 4.39 Å². The Morgan fingerprint density at radius 3 is 2.44 bits per heavy atom. The first-order chi connectivity index (χ1) is 13.1. The number of benzene rings is 2. The van der Waals surface area contributed by atoms with Crippen molar-refractivity contribution in [2.24, 2.45) is 0 Å². The maximum Gasteiger partial charge on any atom is 0.276 e. The quantitative estimate of drug-likeness (QED) is 0.681. The molecule has 5 nitrogen and oxygen atoms in total. The second-order valence-electron chi connectivity index (χ2n) is 6.31. The topological polar surface area (TPSA) is 49.6 Å². The largest absolute Gasteiger partial charge is 0.368 e. The summed E-state index contributed by atoms with van der Waals surface area (Å²) in [6.45, 7) is 2.57. The molecule has 1 saturated heterocycles. The number of rotatable bonds is 3. The molecule has 0 bridgehead atoms. The molecule has 0 radical (unpaired) electrons. The van der Waals surface area contributed by atoms with Gasteiger partial charge < -0.3 is 14.3 Å². The highest BCUT2D eigenvalue weighted by molar-refractivity contribution is 6.30. The summed E-state index contributed by atoms with van der Waals surface area (Å²) in [7, 11) is 0. The minimum Gasteiger partial charge on any atom is -0.368 e. The summed E-state index contributed by atoms with van der Waals surface area (Å²) in [5.74, 6) is -0.377. The van der Waals surface area contributed by atoms with Crippen molar-refractivity contribution >= 4 is 23.2 Å². The molecular weight excluding hydrogens is 369 g/mol. The first kappa shape index (κ1) is 17.5. The van der Waals surface area contributed by atoms with Crippen LogP contribution < -0.4 is 4.90 Å². The maximum atomic E-state index is 13.9. The van der Waals surface area contributed by atoms with Gasteiger partial charge in [0.25, 0.3) is 5.91 Å². The van der Waals surface area contributed by atoms with Crippen molar-refractivity contribution in [1.29, 1.82) is 0 Å². The lowest BCUT2D eigenvalue weighted by atomic mass is 10.1. The van der Waals surface area contributed by atoms with Crippen LogP contribution >= 0.6 is 11.6 Å². The lowest BCUT2D eigenvalue weighted by Crippen LogP contribution is -2.48. The number of halogens is 2. The van der Waals surface area contributed by atoms with Crippen LogP contribution in [0.15, 0.2) is 59.1 Å². The van der Waals surface area contributed by atoms with E-state index in [-0.39, 0.29) is 22.9 Å². The minimum absolute atomic E-state index is 0.188. The number of piperazine rings is 1. The molecule has 0 aliphatic carbocycles. The molecule has 1 aromatic heterocycles. The number of amides is 1. The number of hydrogen-bond acceptors (Lipinski definition) is 4. The van der Waals surface area contributed by atoms with Crippen molar-refractivity contribution < 1.29 is 13.7 Å². The van der Waals surface area contributed by atoms with E-state index in [4.69, 9.17) is 16.1 Å². The molecular formula is C20H17ClFN3O2. The third-order valence-corrected chi connectivity index (χ3v) is 4.88. The molecule has 0 spiro atoms. The van der Waals surface area contributed by atoms with Gasteiger partial charge in [-0.05, 0) is 36.4 Å². The lowest BCUT2D eigenvalue weighted by Gasteiger charge is -2.35. The van der Waals surface area contributed by atoms with E-state index in [9.17, 15) is 9.18 Å². The molecule has 27 heavy (non-hydrogen) atoms. The van der Waals surface area contributed by atoms with Gasteiger partial charge in [0, 0.05) is 43.0 Å². The van der Waals surface area contributed by atoms with Crippen LogP contribution in [0.25, 0.3) is 11.3 Å². The van der Waals surface area contributed by atoms with E-state index in [1.165, 1.54) is 12.1 Å². The highest BCUT2D eigenvalue weighted by Crippen LogP contribution is 2.24. The average Bonchev–Trinajstić information content (AvgIpc) is 3.18. The van der Waals surface area contributed by atoms with Crippen LogP contribution in [0.1, 0.15) is 10.5 Å². The van der Waals surface area contributed by atoms with Crippen molar-refractivity contribution in [3.63, 3.8) is 0 Å². The van der Waals surface area contributed by atoms with E-state index in [1.54, 1.807) is 23.1 Å². The van der Waals surface area contributed by atoms with Crippen LogP contribution in [0.4, 0.5) is 10.1 Å². The molecule has 1 fully saturated rings. The Bertz CT molecular complexity index is 950. The molecule has 2 aromatic carbocycles. The average molecular weight is 386 g/mol. The van der Waals surface area contributed by atoms with Crippen molar-refractivity contribution in [3.05, 3.63) is 71.1 Å². The van der Waals surface area contributed by atoms with Crippen LogP contribution in [0, 0.1) is 5.82 Å². The monoisotopic (exact) mass is 385 g/mol. The summed E-state index contributed by atoms with van der Waals surface area (Å²) in [5.41, 5.74) is 1.56. The van der Waals surface area contributed by atoms with Gasteiger partial charge in [0.05, 0.1) is 5.56 Å². The van der Waals surface area contributed by atoms with E-state index in [2.05, 4.69) is 10.1 Å². The fraction of sp³-hybridized carbons (Fsp3) is 0.200. The smallest absolute Gasteiger partial charge is 0.276 e. The van der Waals surface area contributed by atoms with Gasteiger partial charge in [0.2, 0.25) is 0 Å². The molecule has 1 amide bonds. The summed E-state index contributed by atoms with van der Waals surface area (Å²) in [6.07, 6.45) is 0. The van der Waals surface area contributed by atoms with E-state index >= 15 is 0 Å². The number of nitrogens with zero attached hydrogens (tertiary/aromatic N) is 3. The fourth-order valence-electron chi connectivity index (χ4n) is 3.15. The summed E-state index contributed by atoms with van der Waals surface area (Å²) >= 11 is 5.93. The standard InChI is InChI=1S/C20H17ClFN3O2/c21-14-5-7-15(8-6-14)24-9-11-25(12-10-24)20(26)18-13-19(27-23-18)16-3-1-2-4-17(16)22/h1-8,13H,9-12H2. The first-order valence-electron chi connectivity index (χ1n) is 8.63. The first-order valence-corrected chi connectivity index (χ1v) is 9.01. The Labute approximate surface area is 160 Å². The number of carbonyl (C=O) groups excluding carboxylic acids is 1. The van der Waals surface area contributed by atoms with Crippen LogP contribution in [0.2, 0.25) is 5.02 Å². The predicted molar refractivity (Wildman–Crippen MR) is 101 cm³/mol. The SMILES string of the molecule is O=C(c1cc(-c2ccccc2F)on1)N1CCN(c2ccc(Cl)cc2)CC1. The molecule has 2 heterocycles. The van der Waals surface area contributed by atoms with Crippen LogP contribution in [-0.4, -0.2) is 42.1 Å². The van der Waals surface area contributed by atoms with Gasteiger partial charge >= 0.3 is 0 Å². The van der Waals surface area contributed by atoms with E-state index < -0.39 is 5.82 Å². The highest BCUT2D eigenvalue weighted by Gasteiger charge is 2.25. The Kier molecular flexibility index (Phi) is 4.81. The van der Waals surface area contributed by atoms with Gasteiger partial charge in [0.15, 0.2) is 11.5 Å². The van der Waals surface area contributed by atoms with Gasteiger partial charge in [-0.1, -0.05) is 28.9 Å². The Morgan fingerprint density at radius 2 is 1.74 bits per heavy atom. The van der Waals surface area contributed by atoms with Gasteiger partial charge in [-0.3, -0.25) is 4.79 Å². The third-order valence-electron chi connectivity index (χ3n) is 4.63. The Morgan fingerprint density at radius 1 is 1.04 bits per heavy atom. The number of hydrogen-bond donors (Lipinski definition) is 0. The molecule has 138 valence electrons. The molecule has 0 N–H and O–H groups in total. The fourth-order valence-corrected chi connectivity index (χ4v) is 3.27. The van der Waals surface area contributed by atoms with Crippen molar-refractivity contribution in [2.75, 3.05) is 31.1 Å². The molecule has 3 aromatic rings. The minimum atomic E-state index is -0.413. The maximum absolute atomic E-state index is 13.9.